The predicted octanol–water partition coefficient (Wildman–Crippen LogP) is 3.57. The van der Waals surface area contributed by atoms with Crippen LogP contribution in [0.5, 0.6) is 17.2 Å². The number of nitro benzene ring substituents is 1. The third-order valence-electron chi connectivity index (χ3n) is 6.63. The lowest BCUT2D eigenvalue weighted by Gasteiger charge is -2.26. The van der Waals surface area contributed by atoms with E-state index in [9.17, 15) is 24.8 Å². The molecule has 0 aliphatic carbocycles. The van der Waals surface area contributed by atoms with Crippen molar-refractivity contribution >= 4 is 34.8 Å². The SMILES string of the molecule is CCOC(=O)C1=C(c2ccccc2)N=c2s/c(=C\c3cccc([N+](=O)[O-])c3O)c(=O)n2C1c1ccc(OC)c(OC)c1. The number of hydrogen-bond donors (Lipinski definition) is 1. The zero-order chi connectivity index (χ0) is 30.0. The number of aromatic hydroxyl groups is 1. The molecule has 0 fully saturated rings. The molecule has 1 aliphatic rings. The van der Waals surface area contributed by atoms with Crippen LogP contribution in [0, 0.1) is 10.1 Å². The number of esters is 1. The lowest BCUT2D eigenvalue weighted by atomic mass is 9.93. The first-order chi connectivity index (χ1) is 20.3. The molecular weight excluding hydrogens is 562 g/mol. The second-order valence-electron chi connectivity index (χ2n) is 9.02. The van der Waals surface area contributed by atoms with E-state index in [2.05, 4.69) is 0 Å². The Balaban J connectivity index is 1.85. The van der Waals surface area contributed by atoms with Gasteiger partial charge in [0.25, 0.3) is 5.56 Å². The standard InChI is InChI=1S/C30H25N3O8S/c1-4-41-29(36)24-25(17-9-6-5-7-10-17)31-30-32(26(24)18-13-14-21(39-2)22(15-18)40-3)28(35)23(42-30)16-19-11-8-12-20(27(19)34)33(37)38/h5-16,26,34H,4H2,1-3H3/b23-16-. The van der Waals surface area contributed by atoms with Crippen LogP contribution in [0.25, 0.3) is 11.8 Å². The van der Waals surface area contributed by atoms with E-state index in [0.29, 0.717) is 28.3 Å². The van der Waals surface area contributed by atoms with Gasteiger partial charge in [0.15, 0.2) is 16.3 Å². The highest BCUT2D eigenvalue weighted by molar-refractivity contribution is 7.07. The molecule has 3 aromatic carbocycles. The van der Waals surface area contributed by atoms with Crippen LogP contribution >= 0.6 is 11.3 Å². The van der Waals surface area contributed by atoms with Gasteiger partial charge in [-0.2, -0.15) is 0 Å². The zero-order valence-electron chi connectivity index (χ0n) is 22.8. The summed E-state index contributed by atoms with van der Waals surface area (Å²) in [5, 5.41) is 21.9. The number of thiazole rings is 1. The molecular formula is C30H25N3O8S. The van der Waals surface area contributed by atoms with Crippen LogP contribution in [0.2, 0.25) is 0 Å². The van der Waals surface area contributed by atoms with Gasteiger partial charge in [0, 0.05) is 17.2 Å². The Morgan fingerprint density at radius 3 is 2.50 bits per heavy atom. The number of fused-ring (bicyclic) bond motifs is 1. The van der Waals surface area contributed by atoms with Gasteiger partial charge in [-0.3, -0.25) is 19.5 Å². The van der Waals surface area contributed by atoms with E-state index in [0.717, 1.165) is 11.3 Å². The lowest BCUT2D eigenvalue weighted by molar-refractivity contribution is -0.385. The van der Waals surface area contributed by atoms with Crippen LogP contribution in [0.1, 0.15) is 29.7 Å². The molecule has 1 aliphatic heterocycles. The number of rotatable bonds is 8. The number of nitro groups is 1. The van der Waals surface area contributed by atoms with Crippen molar-refractivity contribution in [1.82, 2.24) is 4.57 Å². The summed E-state index contributed by atoms with van der Waals surface area (Å²) in [7, 11) is 2.98. The largest absolute Gasteiger partial charge is 0.502 e. The van der Waals surface area contributed by atoms with Crippen LogP contribution in [0.4, 0.5) is 5.69 Å². The van der Waals surface area contributed by atoms with Gasteiger partial charge in [0.05, 0.1) is 47.6 Å². The van der Waals surface area contributed by atoms with E-state index in [-0.39, 0.29) is 27.1 Å². The quantitative estimate of drug-likeness (QED) is 0.187. The number of aromatic nitrogens is 1. The Hall–Kier alpha value is -5.23. The molecule has 0 spiro atoms. The lowest BCUT2D eigenvalue weighted by Crippen LogP contribution is -2.40. The summed E-state index contributed by atoms with van der Waals surface area (Å²) in [5.74, 6) is -0.368. The van der Waals surface area contributed by atoms with Crippen LogP contribution in [0.3, 0.4) is 0 Å². The van der Waals surface area contributed by atoms with Gasteiger partial charge in [0.1, 0.15) is 0 Å². The number of hydrogen-bond acceptors (Lipinski definition) is 10. The molecule has 0 bridgehead atoms. The van der Waals surface area contributed by atoms with E-state index in [1.165, 1.54) is 43.1 Å². The van der Waals surface area contributed by atoms with Gasteiger partial charge >= 0.3 is 11.7 Å². The summed E-state index contributed by atoms with van der Waals surface area (Å²) in [6.07, 6.45) is 1.37. The molecule has 1 N–H and O–H groups in total. The van der Waals surface area contributed by atoms with Crippen LogP contribution in [0.15, 0.2) is 82.1 Å². The third-order valence-corrected chi connectivity index (χ3v) is 7.61. The summed E-state index contributed by atoms with van der Waals surface area (Å²) in [5.41, 5.74) is 0.733. The maximum Gasteiger partial charge on any atom is 0.338 e. The number of benzene rings is 3. The summed E-state index contributed by atoms with van der Waals surface area (Å²) in [6.45, 7) is 1.78. The molecule has 11 nitrogen and oxygen atoms in total. The maximum atomic E-state index is 14.0. The Morgan fingerprint density at radius 1 is 1.10 bits per heavy atom. The summed E-state index contributed by atoms with van der Waals surface area (Å²) >= 11 is 1.03. The smallest absolute Gasteiger partial charge is 0.338 e. The van der Waals surface area contributed by atoms with E-state index in [1.807, 2.05) is 18.2 Å². The molecule has 1 atom stereocenters. The van der Waals surface area contributed by atoms with Gasteiger partial charge in [-0.25, -0.2) is 9.79 Å². The molecule has 12 heteroatoms. The first-order valence-electron chi connectivity index (χ1n) is 12.8. The Kier molecular flexibility index (Phi) is 7.89. The van der Waals surface area contributed by atoms with Crippen molar-refractivity contribution in [1.29, 1.82) is 0 Å². The van der Waals surface area contributed by atoms with Crippen molar-refractivity contribution in [3.63, 3.8) is 0 Å². The third kappa shape index (κ3) is 5.03. The minimum absolute atomic E-state index is 0.0880. The van der Waals surface area contributed by atoms with Crippen LogP contribution in [-0.2, 0) is 9.53 Å². The minimum Gasteiger partial charge on any atom is -0.502 e. The van der Waals surface area contributed by atoms with Gasteiger partial charge in [-0.05, 0) is 30.7 Å². The molecule has 214 valence electrons. The normalized spacial score (nSPS) is 14.6. The fraction of sp³-hybridized carbons (Fsp3) is 0.167. The fourth-order valence-corrected chi connectivity index (χ4v) is 5.72. The molecule has 0 saturated heterocycles. The van der Waals surface area contributed by atoms with Crippen LogP contribution < -0.4 is 24.4 Å². The van der Waals surface area contributed by atoms with Gasteiger partial charge in [-0.1, -0.05) is 59.9 Å². The number of phenolic OH excluding ortho intramolecular Hbond substituents is 1. The first kappa shape index (κ1) is 28.3. The molecule has 42 heavy (non-hydrogen) atoms. The summed E-state index contributed by atoms with van der Waals surface area (Å²) in [6, 6.07) is 17.2. The first-order valence-corrected chi connectivity index (χ1v) is 13.6. The predicted molar refractivity (Wildman–Crippen MR) is 155 cm³/mol. The highest BCUT2D eigenvalue weighted by Gasteiger charge is 2.35. The second-order valence-corrected chi connectivity index (χ2v) is 10.0. The van der Waals surface area contributed by atoms with Crippen molar-refractivity contribution < 1.29 is 29.0 Å². The average molecular weight is 588 g/mol. The van der Waals surface area contributed by atoms with E-state index in [4.69, 9.17) is 19.2 Å². The van der Waals surface area contributed by atoms with Crippen molar-refractivity contribution in [2.45, 2.75) is 13.0 Å². The number of carbonyl (C=O) groups excluding carboxylic acids is 1. The molecule has 2 heterocycles. The Labute approximate surface area is 243 Å². The van der Waals surface area contributed by atoms with E-state index in [1.54, 1.807) is 37.3 Å². The average Bonchev–Trinajstić information content (AvgIpc) is 3.31. The van der Waals surface area contributed by atoms with Crippen molar-refractivity contribution in [3.05, 3.63) is 119 Å². The Bertz CT molecular complexity index is 1910. The summed E-state index contributed by atoms with van der Waals surface area (Å²) < 4.78 is 17.9. The number of methoxy groups -OCH3 is 2. The summed E-state index contributed by atoms with van der Waals surface area (Å²) in [4.78, 5) is 43.3. The van der Waals surface area contributed by atoms with E-state index >= 15 is 0 Å². The van der Waals surface area contributed by atoms with E-state index < -0.39 is 33.9 Å². The molecule has 5 rings (SSSR count). The van der Waals surface area contributed by atoms with Gasteiger partial charge < -0.3 is 19.3 Å². The number of carbonyl (C=O) groups is 1. The molecule has 0 saturated carbocycles. The zero-order valence-corrected chi connectivity index (χ0v) is 23.6. The number of nitrogens with zero attached hydrogens (tertiary/aromatic N) is 3. The van der Waals surface area contributed by atoms with Gasteiger partial charge in [0.2, 0.25) is 5.75 Å². The van der Waals surface area contributed by atoms with Crippen molar-refractivity contribution in [3.8, 4) is 17.2 Å². The molecule has 1 unspecified atom stereocenters. The topological polar surface area (TPSA) is 142 Å². The highest BCUT2D eigenvalue weighted by Crippen LogP contribution is 2.38. The Morgan fingerprint density at radius 2 is 1.83 bits per heavy atom. The molecule has 1 aromatic heterocycles. The fourth-order valence-electron chi connectivity index (χ4n) is 4.73. The molecule has 0 amide bonds. The monoisotopic (exact) mass is 587 g/mol. The molecule has 0 radical (unpaired) electrons. The highest BCUT2D eigenvalue weighted by atomic mass is 32.1. The molecule has 4 aromatic rings. The van der Waals surface area contributed by atoms with Gasteiger partial charge in [-0.15, -0.1) is 0 Å². The van der Waals surface area contributed by atoms with Crippen molar-refractivity contribution in [2.24, 2.45) is 4.99 Å². The number of phenols is 1. The minimum atomic E-state index is -0.976. The number of para-hydroxylation sites is 1. The van der Waals surface area contributed by atoms with Crippen molar-refractivity contribution in [2.75, 3.05) is 20.8 Å². The van der Waals surface area contributed by atoms with Crippen LogP contribution in [-0.4, -0.2) is 41.4 Å². The maximum absolute atomic E-state index is 14.0. The number of ether oxygens (including phenoxy) is 3. The second kappa shape index (κ2) is 11.7.